The number of hydrogen-bond donors (Lipinski definition) is 2. The smallest absolute Gasteiger partial charge is 0.281 e. The van der Waals surface area contributed by atoms with Gasteiger partial charge in [-0.15, -0.1) is 11.3 Å². The van der Waals surface area contributed by atoms with E-state index in [1.807, 2.05) is 13.8 Å². The molecule has 0 fully saturated rings. The predicted octanol–water partition coefficient (Wildman–Crippen LogP) is 4.13. The summed E-state index contributed by atoms with van der Waals surface area (Å²) in [5, 5.41) is 0.583. The molecule has 0 atom stereocenters. The molecule has 0 saturated heterocycles. The number of halogens is 1. The van der Waals surface area contributed by atoms with Crippen molar-refractivity contribution in [3.63, 3.8) is 0 Å². The SMILES string of the molecule is COc1cc(C(=O)NNC(=O)c2sc(-c3ccc(F)cc3)nc2C)ccc1OC(C)C. The van der Waals surface area contributed by atoms with E-state index < -0.39 is 11.8 Å². The van der Waals surface area contributed by atoms with Gasteiger partial charge in [0, 0.05) is 11.1 Å². The minimum absolute atomic E-state index is 0.0460. The molecule has 162 valence electrons. The summed E-state index contributed by atoms with van der Waals surface area (Å²) in [7, 11) is 1.48. The summed E-state index contributed by atoms with van der Waals surface area (Å²) < 4.78 is 24.0. The summed E-state index contributed by atoms with van der Waals surface area (Å²) in [5.41, 5.74) is 6.29. The zero-order valence-electron chi connectivity index (χ0n) is 17.5. The molecule has 0 saturated carbocycles. The van der Waals surface area contributed by atoms with Crippen LogP contribution in [0.15, 0.2) is 42.5 Å². The van der Waals surface area contributed by atoms with Crippen molar-refractivity contribution in [2.75, 3.05) is 7.11 Å². The number of benzene rings is 2. The molecule has 0 spiro atoms. The second-order valence-electron chi connectivity index (χ2n) is 6.88. The Morgan fingerprint density at radius 1 is 1.03 bits per heavy atom. The van der Waals surface area contributed by atoms with Crippen LogP contribution in [0.25, 0.3) is 10.6 Å². The van der Waals surface area contributed by atoms with E-state index in [9.17, 15) is 14.0 Å². The Morgan fingerprint density at radius 3 is 2.35 bits per heavy atom. The number of aryl methyl sites for hydroxylation is 1. The van der Waals surface area contributed by atoms with Gasteiger partial charge in [-0.25, -0.2) is 9.37 Å². The summed E-state index contributed by atoms with van der Waals surface area (Å²) in [6.45, 7) is 5.47. The number of methoxy groups -OCH3 is 1. The molecule has 3 aromatic rings. The van der Waals surface area contributed by atoms with Gasteiger partial charge in [0.2, 0.25) is 0 Å². The summed E-state index contributed by atoms with van der Waals surface area (Å²) in [5.74, 6) is -0.424. The number of ether oxygens (including phenoxy) is 2. The highest BCUT2D eigenvalue weighted by Crippen LogP contribution is 2.29. The van der Waals surface area contributed by atoms with Crippen LogP contribution < -0.4 is 20.3 Å². The summed E-state index contributed by atoms with van der Waals surface area (Å²) in [6.07, 6.45) is -0.0460. The largest absolute Gasteiger partial charge is 0.493 e. The van der Waals surface area contributed by atoms with E-state index in [1.165, 1.54) is 25.3 Å². The van der Waals surface area contributed by atoms with Crippen molar-refractivity contribution in [1.82, 2.24) is 15.8 Å². The van der Waals surface area contributed by atoms with Crippen molar-refractivity contribution in [2.24, 2.45) is 0 Å². The molecule has 0 unspecified atom stereocenters. The van der Waals surface area contributed by atoms with Crippen LogP contribution in [-0.4, -0.2) is 30.0 Å². The fourth-order valence-electron chi connectivity index (χ4n) is 2.73. The lowest BCUT2D eigenvalue weighted by atomic mass is 10.2. The van der Waals surface area contributed by atoms with E-state index in [4.69, 9.17) is 9.47 Å². The Hall–Kier alpha value is -3.46. The molecule has 0 aliphatic rings. The highest BCUT2D eigenvalue weighted by molar-refractivity contribution is 7.17. The molecule has 2 N–H and O–H groups in total. The van der Waals surface area contributed by atoms with Crippen LogP contribution in [0.2, 0.25) is 0 Å². The molecule has 0 aliphatic heterocycles. The van der Waals surface area contributed by atoms with Gasteiger partial charge in [-0.05, 0) is 63.2 Å². The van der Waals surface area contributed by atoms with E-state index in [0.29, 0.717) is 38.2 Å². The molecule has 7 nitrogen and oxygen atoms in total. The van der Waals surface area contributed by atoms with Crippen molar-refractivity contribution in [3.8, 4) is 22.1 Å². The van der Waals surface area contributed by atoms with Crippen molar-refractivity contribution in [1.29, 1.82) is 0 Å². The van der Waals surface area contributed by atoms with Crippen LogP contribution in [0.5, 0.6) is 11.5 Å². The molecule has 1 aromatic heterocycles. The highest BCUT2D eigenvalue weighted by atomic mass is 32.1. The van der Waals surface area contributed by atoms with Crippen LogP contribution in [0.1, 0.15) is 39.6 Å². The van der Waals surface area contributed by atoms with E-state index in [0.717, 1.165) is 11.3 Å². The number of carbonyl (C=O) groups excluding carboxylic acids is 2. The maximum absolute atomic E-state index is 13.1. The molecule has 9 heteroatoms. The van der Waals surface area contributed by atoms with Crippen LogP contribution in [0.4, 0.5) is 4.39 Å². The average molecular weight is 444 g/mol. The Kier molecular flexibility index (Phi) is 6.86. The summed E-state index contributed by atoms with van der Waals surface area (Å²) >= 11 is 1.15. The molecule has 0 bridgehead atoms. The van der Waals surface area contributed by atoms with Crippen molar-refractivity contribution in [3.05, 3.63) is 64.4 Å². The van der Waals surface area contributed by atoms with E-state index >= 15 is 0 Å². The number of nitrogens with one attached hydrogen (secondary N) is 2. The van der Waals surface area contributed by atoms with Gasteiger partial charge in [-0.3, -0.25) is 20.4 Å². The molecule has 2 aromatic carbocycles. The quantitative estimate of drug-likeness (QED) is 0.559. The second kappa shape index (κ2) is 9.57. The number of rotatable bonds is 6. The van der Waals surface area contributed by atoms with Gasteiger partial charge in [0.15, 0.2) is 11.5 Å². The van der Waals surface area contributed by atoms with Crippen LogP contribution in [0, 0.1) is 12.7 Å². The van der Waals surface area contributed by atoms with Crippen LogP contribution >= 0.6 is 11.3 Å². The van der Waals surface area contributed by atoms with Crippen molar-refractivity contribution >= 4 is 23.2 Å². The molecule has 0 aliphatic carbocycles. The number of hydrazine groups is 1. The minimum Gasteiger partial charge on any atom is -0.493 e. The van der Waals surface area contributed by atoms with Gasteiger partial charge < -0.3 is 9.47 Å². The molecular weight excluding hydrogens is 421 g/mol. The average Bonchev–Trinajstić information content (AvgIpc) is 3.13. The molecule has 1 heterocycles. The van der Waals surface area contributed by atoms with Gasteiger partial charge in [-0.2, -0.15) is 0 Å². The molecule has 0 radical (unpaired) electrons. The van der Waals surface area contributed by atoms with E-state index in [1.54, 1.807) is 31.2 Å². The first kappa shape index (κ1) is 22.2. The first-order valence-electron chi connectivity index (χ1n) is 9.47. The van der Waals surface area contributed by atoms with Crippen molar-refractivity contribution in [2.45, 2.75) is 26.9 Å². The lowest BCUT2D eigenvalue weighted by Gasteiger charge is -2.14. The van der Waals surface area contributed by atoms with E-state index in [-0.39, 0.29) is 11.9 Å². The van der Waals surface area contributed by atoms with Gasteiger partial charge in [0.1, 0.15) is 15.7 Å². The zero-order valence-corrected chi connectivity index (χ0v) is 18.3. The molecule has 31 heavy (non-hydrogen) atoms. The topological polar surface area (TPSA) is 89.6 Å². The third-order valence-electron chi connectivity index (χ3n) is 4.17. The van der Waals surface area contributed by atoms with Crippen LogP contribution in [0.3, 0.4) is 0 Å². The normalized spacial score (nSPS) is 10.6. The fourth-order valence-corrected chi connectivity index (χ4v) is 3.69. The number of amides is 2. The fraction of sp³-hybridized carbons (Fsp3) is 0.227. The lowest BCUT2D eigenvalue weighted by Crippen LogP contribution is -2.41. The number of nitrogens with zero attached hydrogens (tertiary/aromatic N) is 1. The molecule has 3 rings (SSSR count). The summed E-state index contributed by atoms with van der Waals surface area (Å²) in [6, 6.07) is 10.6. The zero-order chi connectivity index (χ0) is 22.5. The Labute approximate surface area is 183 Å². The first-order valence-corrected chi connectivity index (χ1v) is 10.3. The molecule has 2 amide bonds. The van der Waals surface area contributed by atoms with Crippen LogP contribution in [-0.2, 0) is 0 Å². The number of aromatic nitrogens is 1. The minimum atomic E-state index is -0.510. The van der Waals surface area contributed by atoms with Gasteiger partial charge >= 0.3 is 0 Å². The van der Waals surface area contributed by atoms with Crippen molar-refractivity contribution < 1.29 is 23.5 Å². The number of hydrogen-bond acceptors (Lipinski definition) is 6. The van der Waals surface area contributed by atoms with E-state index in [2.05, 4.69) is 15.8 Å². The standard InChI is InChI=1S/C22H22FN3O4S/c1-12(2)30-17-10-7-15(11-18(17)29-4)20(27)25-26-21(28)19-13(3)24-22(31-19)14-5-8-16(23)9-6-14/h5-12H,1-4H3,(H,25,27)(H,26,28). The van der Waals surface area contributed by atoms with Gasteiger partial charge in [0.25, 0.3) is 11.8 Å². The number of thiazole rings is 1. The maximum atomic E-state index is 13.1. The Bertz CT molecular complexity index is 1100. The number of carbonyl (C=O) groups is 2. The Balaban J connectivity index is 1.68. The third-order valence-corrected chi connectivity index (χ3v) is 5.38. The highest BCUT2D eigenvalue weighted by Gasteiger charge is 2.18. The lowest BCUT2D eigenvalue weighted by molar-refractivity contribution is 0.0848. The second-order valence-corrected chi connectivity index (χ2v) is 7.88. The molecular formula is C22H22FN3O4S. The van der Waals surface area contributed by atoms with Gasteiger partial charge in [0.05, 0.1) is 18.9 Å². The Morgan fingerprint density at radius 2 is 1.71 bits per heavy atom. The van der Waals surface area contributed by atoms with Gasteiger partial charge in [-0.1, -0.05) is 0 Å². The maximum Gasteiger partial charge on any atom is 0.281 e. The first-order chi connectivity index (χ1) is 14.8. The predicted molar refractivity (Wildman–Crippen MR) is 116 cm³/mol. The third kappa shape index (κ3) is 5.37. The summed E-state index contributed by atoms with van der Waals surface area (Å²) in [4.78, 5) is 29.7. The monoisotopic (exact) mass is 443 g/mol.